The van der Waals surface area contributed by atoms with Gasteiger partial charge in [-0.05, 0) is 42.7 Å². The van der Waals surface area contributed by atoms with E-state index in [-0.39, 0.29) is 5.91 Å². The van der Waals surface area contributed by atoms with E-state index in [2.05, 4.69) is 22.3 Å². The van der Waals surface area contributed by atoms with Crippen molar-refractivity contribution >= 4 is 17.7 Å². The Morgan fingerprint density at radius 3 is 2.35 bits per heavy atom. The minimum atomic E-state index is 0.181. The zero-order valence-electron chi connectivity index (χ0n) is 17.9. The first-order chi connectivity index (χ1) is 15.2. The standard InChI is InChI=1S/C24H28N4O2S/c1-30-21-13-11-20(12-14-21)28-22(17-19-9-5-4-6-10-19)25-26-24(28)31-18-23(29)27-15-7-2-3-8-16-27/h4-6,9-14H,2-3,7-8,15-18H2,1H3. The topological polar surface area (TPSA) is 60.2 Å². The molecule has 3 aromatic rings. The monoisotopic (exact) mass is 436 g/mol. The summed E-state index contributed by atoms with van der Waals surface area (Å²) in [5.41, 5.74) is 2.13. The molecule has 0 N–H and O–H groups in total. The predicted molar refractivity (Wildman–Crippen MR) is 123 cm³/mol. The molecule has 0 saturated carbocycles. The molecule has 31 heavy (non-hydrogen) atoms. The Morgan fingerprint density at radius 2 is 1.68 bits per heavy atom. The summed E-state index contributed by atoms with van der Waals surface area (Å²) in [6, 6.07) is 18.1. The van der Waals surface area contributed by atoms with Crippen LogP contribution < -0.4 is 4.74 Å². The van der Waals surface area contributed by atoms with E-state index >= 15 is 0 Å². The minimum absolute atomic E-state index is 0.181. The van der Waals surface area contributed by atoms with Gasteiger partial charge in [0.25, 0.3) is 0 Å². The van der Waals surface area contributed by atoms with Crippen LogP contribution in [-0.2, 0) is 11.2 Å². The highest BCUT2D eigenvalue weighted by Gasteiger charge is 2.19. The molecule has 1 aliphatic rings. The van der Waals surface area contributed by atoms with Gasteiger partial charge in [-0.15, -0.1) is 10.2 Å². The number of hydrogen-bond acceptors (Lipinski definition) is 5. The zero-order valence-corrected chi connectivity index (χ0v) is 18.7. The lowest BCUT2D eigenvalue weighted by atomic mass is 10.1. The van der Waals surface area contributed by atoms with Gasteiger partial charge in [0.15, 0.2) is 5.16 Å². The number of likely N-dealkylation sites (tertiary alicyclic amines) is 1. The summed E-state index contributed by atoms with van der Waals surface area (Å²) >= 11 is 1.46. The highest BCUT2D eigenvalue weighted by Crippen LogP contribution is 2.25. The van der Waals surface area contributed by atoms with Crippen LogP contribution in [0.1, 0.15) is 37.1 Å². The second-order valence-electron chi connectivity index (χ2n) is 7.68. The molecule has 0 unspecified atom stereocenters. The number of nitrogens with zero attached hydrogens (tertiary/aromatic N) is 4. The van der Waals surface area contributed by atoms with E-state index in [0.717, 1.165) is 48.3 Å². The molecular weight excluding hydrogens is 408 g/mol. The number of methoxy groups -OCH3 is 1. The van der Waals surface area contributed by atoms with E-state index in [9.17, 15) is 4.79 Å². The van der Waals surface area contributed by atoms with Gasteiger partial charge in [-0.25, -0.2) is 0 Å². The summed E-state index contributed by atoms with van der Waals surface area (Å²) in [6.07, 6.45) is 5.29. The van der Waals surface area contributed by atoms with E-state index in [1.165, 1.54) is 30.2 Å². The van der Waals surface area contributed by atoms with Crippen LogP contribution >= 0.6 is 11.8 Å². The van der Waals surface area contributed by atoms with Gasteiger partial charge in [0.05, 0.1) is 12.9 Å². The second kappa shape index (κ2) is 10.5. The maximum atomic E-state index is 12.8. The molecule has 1 aromatic heterocycles. The number of carbonyl (C=O) groups is 1. The van der Waals surface area contributed by atoms with Crippen molar-refractivity contribution in [2.75, 3.05) is 26.0 Å². The van der Waals surface area contributed by atoms with Crippen LogP contribution in [0.4, 0.5) is 0 Å². The van der Waals surface area contributed by atoms with Crippen molar-refractivity contribution in [3.8, 4) is 11.4 Å². The summed E-state index contributed by atoms with van der Waals surface area (Å²) in [5, 5.41) is 9.65. The molecule has 6 nitrogen and oxygen atoms in total. The average Bonchev–Trinajstić information content (AvgIpc) is 3.01. The molecule has 4 rings (SSSR count). The molecule has 0 radical (unpaired) electrons. The number of rotatable bonds is 7. The maximum Gasteiger partial charge on any atom is 0.233 e. The summed E-state index contributed by atoms with van der Waals surface area (Å²) in [7, 11) is 1.66. The molecule has 162 valence electrons. The Kier molecular flexibility index (Phi) is 7.25. The first-order valence-corrected chi connectivity index (χ1v) is 11.8. The van der Waals surface area contributed by atoms with Crippen molar-refractivity contribution in [2.24, 2.45) is 0 Å². The van der Waals surface area contributed by atoms with Crippen molar-refractivity contribution in [3.63, 3.8) is 0 Å². The minimum Gasteiger partial charge on any atom is -0.497 e. The third kappa shape index (κ3) is 5.47. The highest BCUT2D eigenvalue weighted by atomic mass is 32.2. The van der Waals surface area contributed by atoms with Crippen LogP contribution in [0.5, 0.6) is 5.75 Å². The molecule has 1 fully saturated rings. The van der Waals surface area contributed by atoms with E-state index in [0.29, 0.717) is 12.2 Å². The smallest absolute Gasteiger partial charge is 0.233 e. The molecule has 2 aromatic carbocycles. The third-order valence-corrected chi connectivity index (χ3v) is 6.43. The van der Waals surface area contributed by atoms with Crippen LogP contribution in [0.25, 0.3) is 5.69 Å². The van der Waals surface area contributed by atoms with Gasteiger partial charge in [-0.1, -0.05) is 54.9 Å². The summed E-state index contributed by atoms with van der Waals surface area (Å²) in [5.74, 6) is 2.20. The molecule has 0 spiro atoms. The van der Waals surface area contributed by atoms with Crippen molar-refractivity contribution in [3.05, 3.63) is 66.0 Å². The second-order valence-corrected chi connectivity index (χ2v) is 8.62. The molecule has 1 aliphatic heterocycles. The van der Waals surface area contributed by atoms with E-state index in [1.54, 1.807) is 7.11 Å². The lowest BCUT2D eigenvalue weighted by Gasteiger charge is -2.20. The van der Waals surface area contributed by atoms with Crippen LogP contribution in [0.2, 0.25) is 0 Å². The molecule has 1 amide bonds. The zero-order chi connectivity index (χ0) is 21.5. The average molecular weight is 437 g/mol. The maximum absolute atomic E-state index is 12.8. The van der Waals surface area contributed by atoms with Crippen molar-refractivity contribution in [1.29, 1.82) is 0 Å². The quantitative estimate of drug-likeness (QED) is 0.515. The van der Waals surface area contributed by atoms with Gasteiger partial charge < -0.3 is 9.64 Å². The van der Waals surface area contributed by atoms with Gasteiger partial charge in [0.1, 0.15) is 11.6 Å². The fraction of sp³-hybridized carbons (Fsp3) is 0.375. The van der Waals surface area contributed by atoms with Gasteiger partial charge in [0, 0.05) is 25.2 Å². The molecule has 1 saturated heterocycles. The summed E-state index contributed by atoms with van der Waals surface area (Å²) < 4.78 is 7.35. The van der Waals surface area contributed by atoms with Gasteiger partial charge in [-0.2, -0.15) is 0 Å². The number of hydrogen-bond donors (Lipinski definition) is 0. The van der Waals surface area contributed by atoms with Crippen molar-refractivity contribution in [2.45, 2.75) is 37.3 Å². The van der Waals surface area contributed by atoms with Crippen LogP contribution in [0.15, 0.2) is 59.8 Å². The number of amides is 1. The number of ether oxygens (including phenoxy) is 1. The molecular formula is C24H28N4O2S. The van der Waals surface area contributed by atoms with Gasteiger partial charge in [0.2, 0.25) is 5.91 Å². The summed E-state index contributed by atoms with van der Waals surface area (Å²) in [6.45, 7) is 1.73. The molecule has 7 heteroatoms. The first kappa shape index (κ1) is 21.4. The Labute approximate surface area is 187 Å². The highest BCUT2D eigenvalue weighted by molar-refractivity contribution is 7.99. The number of aromatic nitrogens is 3. The van der Waals surface area contributed by atoms with Gasteiger partial charge >= 0.3 is 0 Å². The largest absolute Gasteiger partial charge is 0.497 e. The Balaban J connectivity index is 1.56. The van der Waals surface area contributed by atoms with E-state index in [4.69, 9.17) is 4.74 Å². The van der Waals surface area contributed by atoms with Crippen LogP contribution in [-0.4, -0.2) is 51.5 Å². The molecule has 0 aliphatic carbocycles. The molecule has 0 atom stereocenters. The molecule has 2 heterocycles. The predicted octanol–water partition coefficient (Wildman–Crippen LogP) is 4.36. The number of thioether (sulfide) groups is 1. The summed E-state index contributed by atoms with van der Waals surface area (Å²) in [4.78, 5) is 14.8. The molecule has 0 bridgehead atoms. The Morgan fingerprint density at radius 1 is 0.968 bits per heavy atom. The Bertz CT molecular complexity index is 981. The van der Waals surface area contributed by atoms with Crippen molar-refractivity contribution < 1.29 is 9.53 Å². The normalized spacial score (nSPS) is 14.3. The van der Waals surface area contributed by atoms with Crippen LogP contribution in [0, 0.1) is 0 Å². The van der Waals surface area contributed by atoms with E-state index < -0.39 is 0 Å². The SMILES string of the molecule is COc1ccc(-n2c(Cc3ccccc3)nnc2SCC(=O)N2CCCCCC2)cc1. The first-order valence-electron chi connectivity index (χ1n) is 10.8. The van der Waals surface area contributed by atoms with Crippen molar-refractivity contribution in [1.82, 2.24) is 19.7 Å². The third-order valence-electron chi connectivity index (χ3n) is 5.52. The lowest BCUT2D eigenvalue weighted by Crippen LogP contribution is -2.33. The number of carbonyl (C=O) groups excluding carboxylic acids is 1. The van der Waals surface area contributed by atoms with Gasteiger partial charge in [-0.3, -0.25) is 9.36 Å². The number of benzene rings is 2. The fourth-order valence-electron chi connectivity index (χ4n) is 3.82. The lowest BCUT2D eigenvalue weighted by molar-refractivity contribution is -0.128. The fourth-order valence-corrected chi connectivity index (χ4v) is 4.69. The van der Waals surface area contributed by atoms with Crippen LogP contribution in [0.3, 0.4) is 0 Å². The van der Waals surface area contributed by atoms with E-state index in [1.807, 2.05) is 51.9 Å². The Hall–Kier alpha value is -2.80.